The second-order valence-corrected chi connectivity index (χ2v) is 16.0. The summed E-state index contributed by atoms with van der Waals surface area (Å²) >= 11 is 0. The van der Waals surface area contributed by atoms with Crippen LogP contribution >= 0.6 is 0 Å². The summed E-state index contributed by atoms with van der Waals surface area (Å²) in [5, 5.41) is 24.9. The molecule has 338 valence electrons. The molecule has 0 atom stereocenters. The molecule has 0 spiro atoms. The number of hydrogen-bond acceptors (Lipinski definition) is 10. The fraction of sp³-hybridized carbons (Fsp3) is 0.308. The summed E-state index contributed by atoms with van der Waals surface area (Å²) in [5.74, 6) is -0.101. The number of aliphatic imine (C=N–C) groups is 2. The van der Waals surface area contributed by atoms with E-state index in [9.17, 15) is 29.4 Å². The van der Waals surface area contributed by atoms with Crippen LogP contribution in [0.25, 0.3) is 10.8 Å². The van der Waals surface area contributed by atoms with E-state index >= 15 is 0 Å². The maximum absolute atomic E-state index is 13.7. The first-order valence-electron chi connectivity index (χ1n) is 22.0. The molecular formula is C52H56FeN6O6. The topological polar surface area (TPSA) is 152 Å². The van der Waals surface area contributed by atoms with Gasteiger partial charge in [-0.1, -0.05) is 0 Å². The fourth-order valence-electron chi connectivity index (χ4n) is 7.86. The Balaban J connectivity index is 0.000000636. The van der Waals surface area contributed by atoms with Crippen molar-refractivity contribution in [2.24, 2.45) is 9.98 Å². The predicted octanol–water partition coefficient (Wildman–Crippen LogP) is 4.60. The van der Waals surface area contributed by atoms with E-state index in [1.807, 2.05) is 130 Å². The molecule has 8 rings (SSSR count). The number of carbonyl (C=O) groups is 4. The SMILES string of the molecule is CN(CCCN=C([O-])C[C]1[CH][CH][CH][CH]1)CCCN1C(=O)c2ccc3c4c(ccc(c24)C1=O)C(=O)N(CCCN(C)CCCN=C([O-])C[C]1[CH][CH][CH][CH]1)C3=O.[CH]1[CH][CH][CH][CH]1.[CH]1[CH][CH][CH][CH]1.[Fe+2]. The van der Waals surface area contributed by atoms with Gasteiger partial charge in [-0.25, -0.2) is 0 Å². The van der Waals surface area contributed by atoms with Gasteiger partial charge in [-0.05, 0) is 242 Å². The normalized spacial score (nSPS) is 19.1. The molecule has 2 heterocycles. The minimum absolute atomic E-state index is 0. The van der Waals surface area contributed by atoms with Gasteiger partial charge in [-0.3, -0.25) is 29.0 Å². The summed E-state index contributed by atoms with van der Waals surface area (Å²) in [5.41, 5.74) is 1.23. The van der Waals surface area contributed by atoms with Crippen LogP contribution in [0.3, 0.4) is 0 Å². The molecule has 2 aliphatic heterocycles. The predicted molar refractivity (Wildman–Crippen MR) is 246 cm³/mol. The third-order valence-electron chi connectivity index (χ3n) is 11.2. The fourth-order valence-corrected chi connectivity index (χ4v) is 7.86. The van der Waals surface area contributed by atoms with E-state index < -0.39 is 23.6 Å². The molecule has 4 saturated carbocycles. The molecule has 0 aromatic heterocycles. The van der Waals surface area contributed by atoms with Crippen molar-refractivity contribution in [2.75, 3.05) is 66.5 Å². The van der Waals surface area contributed by atoms with Crippen molar-refractivity contribution in [1.29, 1.82) is 0 Å². The van der Waals surface area contributed by atoms with Crippen LogP contribution in [0.4, 0.5) is 0 Å². The van der Waals surface area contributed by atoms with Gasteiger partial charge in [0.15, 0.2) is 0 Å². The van der Waals surface area contributed by atoms with E-state index in [0.717, 1.165) is 24.9 Å². The maximum Gasteiger partial charge on any atom is 2.00 e. The van der Waals surface area contributed by atoms with Crippen LogP contribution < -0.4 is 10.2 Å². The van der Waals surface area contributed by atoms with E-state index in [1.54, 1.807) is 24.3 Å². The Kier molecular flexibility index (Phi) is 21.9. The standard InChI is InChI=1S/C42H48N6O6.2C5H5.Fe/c1-45(21-7-19-43-35(49)27-29-11-3-4-12-29)23-9-25-47-39(51)31-15-17-33-38-34(18-16-32(37(31)38)40(47)52)42(54)48(41(33)53)26-10-24-46(2)22-8-20-44-36(50)28-30-13-5-6-14-30;2*1-2-4-5-3-1;/h3-6,11-18H,7-10,19-28H2,1-2H3,(H,43,49)(H,44,50);2*1-5H;/q;;;+2/p-2. The number of rotatable bonds is 20. The molecule has 4 amide bonds. The van der Waals surface area contributed by atoms with Gasteiger partial charge in [0.25, 0.3) is 23.6 Å². The quantitative estimate of drug-likeness (QED) is 0.0615. The minimum Gasteiger partial charge on any atom is -0.862 e. The first kappa shape index (κ1) is 52.3. The Morgan fingerprint density at radius 2 is 0.738 bits per heavy atom. The Bertz CT molecular complexity index is 1710. The number of nitrogens with zero attached hydrogens (tertiary/aromatic N) is 6. The zero-order valence-electron chi connectivity index (χ0n) is 37.1. The van der Waals surface area contributed by atoms with Gasteiger partial charge in [0, 0.05) is 59.2 Å². The molecule has 12 nitrogen and oxygen atoms in total. The van der Waals surface area contributed by atoms with Crippen molar-refractivity contribution >= 4 is 46.2 Å². The van der Waals surface area contributed by atoms with Crippen LogP contribution in [0.1, 0.15) is 80.0 Å². The molecule has 2 aromatic carbocycles. The van der Waals surface area contributed by atoms with E-state index in [0.29, 0.717) is 97.7 Å². The summed E-state index contributed by atoms with van der Waals surface area (Å²) in [6, 6.07) is 6.38. The molecule has 13 heteroatoms. The van der Waals surface area contributed by atoms with Crippen LogP contribution in [0, 0.1) is 127 Å². The number of benzene rings is 2. The van der Waals surface area contributed by atoms with Gasteiger partial charge in [0.2, 0.25) is 0 Å². The first-order chi connectivity index (χ1) is 31.1. The van der Waals surface area contributed by atoms with Crippen molar-refractivity contribution in [3.8, 4) is 0 Å². The van der Waals surface area contributed by atoms with Crippen molar-refractivity contribution in [3.63, 3.8) is 0 Å². The van der Waals surface area contributed by atoms with Crippen LogP contribution in [0.2, 0.25) is 0 Å². The second-order valence-electron chi connectivity index (χ2n) is 16.0. The van der Waals surface area contributed by atoms with Gasteiger partial charge < -0.3 is 30.0 Å². The average molecular weight is 917 g/mol. The molecule has 6 aliphatic rings. The Morgan fingerprint density at radius 3 is 1.03 bits per heavy atom. The summed E-state index contributed by atoms with van der Waals surface area (Å²) in [7, 11) is 3.91. The molecule has 0 unspecified atom stereocenters. The summed E-state index contributed by atoms with van der Waals surface area (Å²) in [6.45, 7) is 4.03. The number of carbonyl (C=O) groups excluding carboxylic acids is 4. The molecule has 65 heavy (non-hydrogen) atoms. The first-order valence-corrected chi connectivity index (χ1v) is 22.0. The monoisotopic (exact) mass is 916 g/mol. The van der Waals surface area contributed by atoms with E-state index in [-0.39, 0.29) is 42.0 Å². The Labute approximate surface area is 399 Å². The average Bonchev–Trinajstić information content (AvgIpc) is 4.16. The molecule has 20 radical (unpaired) electrons. The summed E-state index contributed by atoms with van der Waals surface area (Å²) in [6.07, 6.45) is 38.4. The van der Waals surface area contributed by atoms with Crippen molar-refractivity contribution in [2.45, 2.75) is 38.5 Å². The molecule has 0 saturated heterocycles. The smallest absolute Gasteiger partial charge is 0.862 e. The van der Waals surface area contributed by atoms with Crippen LogP contribution in [-0.4, -0.2) is 121 Å². The van der Waals surface area contributed by atoms with E-state index in [2.05, 4.69) is 19.8 Å². The zero-order valence-corrected chi connectivity index (χ0v) is 38.2. The van der Waals surface area contributed by atoms with Crippen molar-refractivity contribution in [1.82, 2.24) is 19.6 Å². The Hall–Kier alpha value is -3.64. The third-order valence-corrected chi connectivity index (χ3v) is 11.2. The molecule has 2 aromatic rings. The largest absolute Gasteiger partial charge is 2.00 e. The van der Waals surface area contributed by atoms with Gasteiger partial charge in [-0.2, -0.15) is 0 Å². The minimum atomic E-state index is -0.439. The third kappa shape index (κ3) is 15.2. The second kappa shape index (κ2) is 27.2. The number of amides is 4. The van der Waals surface area contributed by atoms with Gasteiger partial charge in [-0.15, -0.1) is 0 Å². The van der Waals surface area contributed by atoms with Crippen LogP contribution in [0.15, 0.2) is 34.3 Å². The summed E-state index contributed by atoms with van der Waals surface area (Å²) in [4.78, 5) is 69.6. The molecule has 4 aliphatic carbocycles. The van der Waals surface area contributed by atoms with Crippen LogP contribution in [-0.2, 0) is 17.1 Å². The van der Waals surface area contributed by atoms with Gasteiger partial charge in [0.05, 0.1) is 0 Å². The maximum atomic E-state index is 13.7. The van der Waals surface area contributed by atoms with Gasteiger partial charge >= 0.3 is 17.1 Å². The molecule has 0 bridgehead atoms. The van der Waals surface area contributed by atoms with Crippen molar-refractivity contribution < 1.29 is 46.5 Å². The number of imide groups is 2. The van der Waals surface area contributed by atoms with Gasteiger partial charge in [0.1, 0.15) is 0 Å². The van der Waals surface area contributed by atoms with E-state index in [4.69, 9.17) is 0 Å². The van der Waals surface area contributed by atoms with E-state index in [1.165, 1.54) is 9.80 Å². The molecule has 0 N–H and O–H groups in total. The number of hydrogen-bond donors (Lipinski definition) is 0. The summed E-state index contributed by atoms with van der Waals surface area (Å²) < 4.78 is 0. The van der Waals surface area contributed by atoms with Crippen molar-refractivity contribution in [3.05, 3.63) is 174 Å². The zero-order chi connectivity index (χ0) is 45.3. The Morgan fingerprint density at radius 1 is 0.462 bits per heavy atom. The molecular weight excluding hydrogens is 860 g/mol. The van der Waals surface area contributed by atoms with Crippen LogP contribution in [0.5, 0.6) is 0 Å². The molecule has 4 fully saturated rings.